The zero-order valence-electron chi connectivity index (χ0n) is 13.5. The lowest BCUT2D eigenvalue weighted by Crippen LogP contribution is -2.36. The summed E-state index contributed by atoms with van der Waals surface area (Å²) in [4.78, 5) is 12.0. The molecule has 0 aromatic heterocycles. The molecule has 0 aliphatic heterocycles. The quantitative estimate of drug-likeness (QED) is 0.804. The van der Waals surface area contributed by atoms with Crippen molar-refractivity contribution >= 4 is 21.6 Å². The first-order chi connectivity index (χ1) is 10.9. The molecular weight excluding hydrogens is 314 g/mol. The van der Waals surface area contributed by atoms with Crippen LogP contribution in [0, 0.1) is 11.8 Å². The summed E-state index contributed by atoms with van der Waals surface area (Å²) >= 11 is 0. The third-order valence-corrected chi connectivity index (χ3v) is 5.49. The van der Waals surface area contributed by atoms with Crippen molar-refractivity contribution in [2.45, 2.75) is 38.0 Å². The monoisotopic (exact) mass is 337 g/mol. The Morgan fingerprint density at radius 1 is 1.17 bits per heavy atom. The van der Waals surface area contributed by atoms with E-state index in [4.69, 9.17) is 0 Å². The number of amides is 1. The van der Waals surface area contributed by atoms with E-state index >= 15 is 0 Å². The Balaban J connectivity index is 1.90. The molecule has 0 bridgehead atoms. The number of carbonyl (C=O) groups excluding carboxylic acids is 1. The van der Waals surface area contributed by atoms with Crippen LogP contribution in [-0.2, 0) is 14.8 Å². The highest BCUT2D eigenvalue weighted by Crippen LogP contribution is 2.25. The maximum absolute atomic E-state index is 12.0. The van der Waals surface area contributed by atoms with Crippen molar-refractivity contribution in [2.75, 3.05) is 6.54 Å². The van der Waals surface area contributed by atoms with Crippen LogP contribution in [0.1, 0.15) is 33.1 Å². The first-order valence-electron chi connectivity index (χ1n) is 7.81. The van der Waals surface area contributed by atoms with Crippen molar-refractivity contribution in [3.05, 3.63) is 30.3 Å². The van der Waals surface area contributed by atoms with E-state index in [2.05, 4.69) is 29.1 Å². The number of carbonyl (C=O) groups is 1. The molecule has 1 aliphatic rings. The zero-order valence-corrected chi connectivity index (χ0v) is 14.3. The second kappa shape index (κ2) is 7.70. The first kappa shape index (κ1) is 17.6. The molecule has 2 N–H and O–H groups in total. The van der Waals surface area contributed by atoms with Gasteiger partial charge in [-0.15, -0.1) is 0 Å². The van der Waals surface area contributed by atoms with Gasteiger partial charge >= 0.3 is 0 Å². The van der Waals surface area contributed by atoms with Crippen molar-refractivity contribution in [3.63, 3.8) is 0 Å². The average Bonchev–Trinajstić information content (AvgIpc) is 2.53. The van der Waals surface area contributed by atoms with E-state index in [1.54, 1.807) is 18.2 Å². The van der Waals surface area contributed by atoms with Crippen LogP contribution in [0.25, 0.3) is 0 Å². The van der Waals surface area contributed by atoms with Gasteiger partial charge in [-0.05, 0) is 36.8 Å². The number of hydrogen-bond donors (Lipinski definition) is 2. The molecule has 0 unspecified atom stereocenters. The van der Waals surface area contributed by atoms with Gasteiger partial charge in [0, 0.05) is 5.71 Å². The van der Waals surface area contributed by atoms with Gasteiger partial charge in [-0.2, -0.15) is 5.10 Å². The highest BCUT2D eigenvalue weighted by molar-refractivity contribution is 7.89. The summed E-state index contributed by atoms with van der Waals surface area (Å²) in [5.74, 6) is 0.224. The summed E-state index contributed by atoms with van der Waals surface area (Å²) in [6.45, 7) is 3.86. The van der Waals surface area contributed by atoms with Gasteiger partial charge in [0.05, 0.1) is 11.4 Å². The highest BCUT2D eigenvalue weighted by atomic mass is 32.2. The van der Waals surface area contributed by atoms with Crippen LogP contribution in [-0.4, -0.2) is 26.6 Å². The molecule has 0 heterocycles. The molecule has 1 aromatic rings. The van der Waals surface area contributed by atoms with E-state index in [9.17, 15) is 13.2 Å². The molecule has 6 nitrogen and oxygen atoms in total. The molecule has 0 saturated heterocycles. The standard InChI is InChI=1S/C16H23N3O3S/c1-12-7-6-8-13(2)16(12)19-18-15(20)11-17-23(21,22)14-9-4-3-5-10-14/h3-5,9-10,12-13,17H,6-8,11H2,1-2H3,(H,18,20)/t12-,13-/m1/s1. The maximum Gasteiger partial charge on any atom is 0.255 e. The minimum Gasteiger partial charge on any atom is -0.272 e. The molecule has 0 radical (unpaired) electrons. The molecule has 1 aromatic carbocycles. The molecule has 2 atom stereocenters. The van der Waals surface area contributed by atoms with E-state index < -0.39 is 15.9 Å². The average molecular weight is 337 g/mol. The summed E-state index contributed by atoms with van der Waals surface area (Å²) in [7, 11) is -3.68. The van der Waals surface area contributed by atoms with Crippen molar-refractivity contribution in [1.29, 1.82) is 0 Å². The lowest BCUT2D eigenvalue weighted by molar-refractivity contribution is -0.119. The summed E-state index contributed by atoms with van der Waals surface area (Å²) in [6, 6.07) is 7.95. The number of nitrogens with one attached hydrogen (secondary N) is 2. The lowest BCUT2D eigenvalue weighted by Gasteiger charge is -2.26. The number of rotatable bonds is 5. The molecule has 23 heavy (non-hydrogen) atoms. The molecule has 2 rings (SSSR count). The smallest absolute Gasteiger partial charge is 0.255 e. The van der Waals surface area contributed by atoms with E-state index in [-0.39, 0.29) is 11.4 Å². The minimum atomic E-state index is -3.68. The molecule has 1 fully saturated rings. The van der Waals surface area contributed by atoms with Crippen LogP contribution in [0.15, 0.2) is 40.3 Å². The number of hydrogen-bond acceptors (Lipinski definition) is 4. The largest absolute Gasteiger partial charge is 0.272 e. The van der Waals surface area contributed by atoms with Crippen molar-refractivity contribution in [3.8, 4) is 0 Å². The van der Waals surface area contributed by atoms with Crippen LogP contribution in [0.2, 0.25) is 0 Å². The third kappa shape index (κ3) is 4.87. The summed E-state index contributed by atoms with van der Waals surface area (Å²) in [5, 5.41) is 4.20. The number of hydrazone groups is 1. The van der Waals surface area contributed by atoms with Crippen LogP contribution >= 0.6 is 0 Å². The Bertz CT molecular complexity index is 659. The normalized spacial score (nSPS) is 21.7. The summed E-state index contributed by atoms with van der Waals surface area (Å²) in [5.41, 5.74) is 3.44. The Labute approximate surface area is 137 Å². The van der Waals surface area contributed by atoms with Gasteiger partial charge in [-0.1, -0.05) is 38.5 Å². The van der Waals surface area contributed by atoms with E-state index in [0.717, 1.165) is 18.6 Å². The molecular formula is C16H23N3O3S. The predicted molar refractivity (Wildman–Crippen MR) is 89.4 cm³/mol. The fourth-order valence-electron chi connectivity index (χ4n) is 2.74. The fourth-order valence-corrected chi connectivity index (χ4v) is 3.75. The van der Waals surface area contributed by atoms with Crippen LogP contribution in [0.5, 0.6) is 0 Å². The van der Waals surface area contributed by atoms with Gasteiger partial charge in [0.15, 0.2) is 0 Å². The van der Waals surface area contributed by atoms with Crippen molar-refractivity contribution < 1.29 is 13.2 Å². The molecule has 0 spiro atoms. The number of sulfonamides is 1. The fraction of sp³-hybridized carbons (Fsp3) is 0.500. The second-order valence-electron chi connectivity index (χ2n) is 5.94. The van der Waals surface area contributed by atoms with Crippen molar-refractivity contribution in [2.24, 2.45) is 16.9 Å². The summed E-state index contributed by atoms with van der Waals surface area (Å²) in [6.07, 6.45) is 3.31. The van der Waals surface area contributed by atoms with Crippen LogP contribution in [0.4, 0.5) is 0 Å². The van der Waals surface area contributed by atoms with Gasteiger partial charge in [-0.25, -0.2) is 18.6 Å². The molecule has 1 amide bonds. The van der Waals surface area contributed by atoms with Crippen molar-refractivity contribution in [1.82, 2.24) is 10.1 Å². The minimum absolute atomic E-state index is 0.133. The first-order valence-corrected chi connectivity index (χ1v) is 9.29. The van der Waals surface area contributed by atoms with Gasteiger partial charge in [0.1, 0.15) is 0 Å². The van der Waals surface area contributed by atoms with Gasteiger partial charge in [-0.3, -0.25) is 4.79 Å². The third-order valence-electron chi connectivity index (χ3n) is 4.07. The Morgan fingerprint density at radius 2 is 1.78 bits per heavy atom. The Morgan fingerprint density at radius 3 is 2.39 bits per heavy atom. The highest BCUT2D eigenvalue weighted by Gasteiger charge is 2.23. The second-order valence-corrected chi connectivity index (χ2v) is 7.71. The van der Waals surface area contributed by atoms with E-state index in [1.807, 2.05) is 0 Å². The number of benzene rings is 1. The van der Waals surface area contributed by atoms with Crippen LogP contribution < -0.4 is 10.1 Å². The topological polar surface area (TPSA) is 87.6 Å². The lowest BCUT2D eigenvalue weighted by atomic mass is 9.81. The number of nitrogens with zero attached hydrogens (tertiary/aromatic N) is 1. The Kier molecular flexibility index (Phi) is 5.90. The Hall–Kier alpha value is -1.73. The molecule has 7 heteroatoms. The summed E-state index contributed by atoms with van der Waals surface area (Å²) < 4.78 is 26.3. The SMILES string of the molecule is C[C@@H]1CCC[C@@H](C)C1=NNC(=O)CNS(=O)(=O)c1ccccc1. The van der Waals surface area contributed by atoms with Gasteiger partial charge in [0.25, 0.3) is 5.91 Å². The van der Waals surface area contributed by atoms with E-state index in [0.29, 0.717) is 11.8 Å². The van der Waals surface area contributed by atoms with E-state index in [1.165, 1.54) is 18.6 Å². The van der Waals surface area contributed by atoms with Crippen LogP contribution in [0.3, 0.4) is 0 Å². The predicted octanol–water partition coefficient (Wildman–Crippen LogP) is 1.89. The zero-order chi connectivity index (χ0) is 16.9. The maximum atomic E-state index is 12.0. The molecule has 1 saturated carbocycles. The molecule has 1 aliphatic carbocycles. The molecule has 126 valence electrons. The van der Waals surface area contributed by atoms with Gasteiger partial charge < -0.3 is 0 Å². The van der Waals surface area contributed by atoms with Gasteiger partial charge in [0.2, 0.25) is 10.0 Å².